The van der Waals surface area contributed by atoms with Gasteiger partial charge >= 0.3 is 0 Å². The molecule has 0 aliphatic heterocycles. The maximum absolute atomic E-state index is 14.8. The second-order valence-corrected chi connectivity index (χ2v) is 14.8. The summed E-state index contributed by atoms with van der Waals surface area (Å²) in [5, 5.41) is 2.24. The van der Waals surface area contributed by atoms with Gasteiger partial charge in [-0.15, -0.1) is 0 Å². The van der Waals surface area contributed by atoms with Gasteiger partial charge in [-0.1, -0.05) is 151 Å². The molecule has 2 aromatic heterocycles. The molecule has 2 heterocycles. The predicted octanol–water partition coefficient (Wildman–Crippen LogP) is 13.7. The molecular formula is C53H37FN4. The molecule has 0 N–H and O–H groups in total. The van der Waals surface area contributed by atoms with Crippen molar-refractivity contribution in [2.75, 3.05) is 0 Å². The first-order valence-electron chi connectivity index (χ1n) is 19.5. The van der Waals surface area contributed by atoms with Gasteiger partial charge in [0, 0.05) is 27.5 Å². The lowest BCUT2D eigenvalue weighted by molar-refractivity contribution is 0.628. The minimum absolute atomic E-state index is 0.287. The van der Waals surface area contributed by atoms with Crippen LogP contribution in [0.4, 0.5) is 4.39 Å². The molecule has 10 aromatic rings. The van der Waals surface area contributed by atoms with Crippen LogP contribution >= 0.6 is 0 Å². The number of nitrogens with zero attached hydrogens (tertiary/aromatic N) is 4. The van der Waals surface area contributed by atoms with E-state index in [4.69, 9.17) is 15.0 Å². The number of hydrogen-bond donors (Lipinski definition) is 0. The summed E-state index contributed by atoms with van der Waals surface area (Å²) in [7, 11) is 0. The van der Waals surface area contributed by atoms with Gasteiger partial charge in [0.1, 0.15) is 5.82 Å². The Balaban J connectivity index is 1.28. The van der Waals surface area contributed by atoms with E-state index < -0.39 is 0 Å². The van der Waals surface area contributed by atoms with E-state index >= 15 is 0 Å². The molecule has 0 saturated carbocycles. The molecule has 0 radical (unpaired) electrons. The van der Waals surface area contributed by atoms with Crippen molar-refractivity contribution in [2.24, 2.45) is 0 Å². The minimum atomic E-state index is -0.287. The van der Waals surface area contributed by atoms with Crippen molar-refractivity contribution in [2.45, 2.75) is 13.8 Å². The van der Waals surface area contributed by atoms with Crippen LogP contribution < -0.4 is 0 Å². The van der Waals surface area contributed by atoms with Gasteiger partial charge in [0.2, 0.25) is 0 Å². The van der Waals surface area contributed by atoms with Crippen LogP contribution in [0, 0.1) is 19.7 Å². The highest BCUT2D eigenvalue weighted by molar-refractivity contribution is 6.12. The predicted molar refractivity (Wildman–Crippen MR) is 236 cm³/mol. The summed E-state index contributed by atoms with van der Waals surface area (Å²) in [6, 6.07) is 63.8. The molecule has 10 rings (SSSR count). The topological polar surface area (TPSA) is 43.6 Å². The van der Waals surface area contributed by atoms with Gasteiger partial charge in [0.25, 0.3) is 0 Å². The molecule has 0 bridgehead atoms. The van der Waals surface area contributed by atoms with Gasteiger partial charge in [-0.05, 0) is 95.8 Å². The zero-order chi connectivity index (χ0) is 39.2. The number of halogens is 1. The molecule has 4 nitrogen and oxygen atoms in total. The molecule has 0 amide bonds. The highest BCUT2D eigenvalue weighted by atomic mass is 19.1. The highest BCUT2D eigenvalue weighted by Gasteiger charge is 2.21. The normalized spacial score (nSPS) is 11.4. The van der Waals surface area contributed by atoms with Gasteiger partial charge in [-0.2, -0.15) is 0 Å². The standard InChI is InChI=1S/C53H37FN4/c1-34-12-9-18-38(28-34)41-23-26-48-46(31-41)47-32-42(39-19-10-13-35(2)29-39)24-27-49(47)58(48)50-33-43(40-20-11-21-44(54)30-40)22-25-45(50)53-56-51(36-14-5-3-6-15-36)55-52(57-53)37-16-7-4-8-17-37/h3-33H,1-2H3. The Kier molecular flexibility index (Phi) is 8.76. The number of aryl methyl sites for hydroxylation is 2. The Hall–Kier alpha value is -7.50. The van der Waals surface area contributed by atoms with Gasteiger partial charge < -0.3 is 4.57 Å². The molecule has 0 spiro atoms. The summed E-state index contributed by atoms with van der Waals surface area (Å²) >= 11 is 0. The van der Waals surface area contributed by atoms with E-state index in [1.165, 1.54) is 28.3 Å². The molecule has 5 heteroatoms. The second kappa shape index (κ2) is 14.5. The van der Waals surface area contributed by atoms with Crippen molar-refractivity contribution in [3.8, 4) is 73.2 Å². The number of fused-ring (bicyclic) bond motifs is 3. The number of hydrogen-bond acceptors (Lipinski definition) is 3. The Morgan fingerprint density at radius 3 is 1.31 bits per heavy atom. The molecule has 0 aliphatic rings. The molecule has 8 aromatic carbocycles. The van der Waals surface area contributed by atoms with Gasteiger partial charge in [0.15, 0.2) is 17.5 Å². The Morgan fingerprint density at radius 2 is 0.793 bits per heavy atom. The van der Waals surface area contributed by atoms with E-state index in [0.717, 1.165) is 66.4 Å². The zero-order valence-electron chi connectivity index (χ0n) is 32.1. The van der Waals surface area contributed by atoms with Crippen molar-refractivity contribution >= 4 is 21.8 Å². The van der Waals surface area contributed by atoms with Crippen LogP contribution in [-0.2, 0) is 0 Å². The first kappa shape index (κ1) is 35.0. The van der Waals surface area contributed by atoms with Gasteiger partial charge in [-0.3, -0.25) is 0 Å². The third kappa shape index (κ3) is 6.53. The van der Waals surface area contributed by atoms with E-state index in [1.807, 2.05) is 72.8 Å². The van der Waals surface area contributed by atoms with Crippen molar-refractivity contribution in [1.82, 2.24) is 19.5 Å². The molecule has 0 aliphatic carbocycles. The molecule has 58 heavy (non-hydrogen) atoms. The van der Waals surface area contributed by atoms with Crippen molar-refractivity contribution < 1.29 is 4.39 Å². The summed E-state index contributed by atoms with van der Waals surface area (Å²) in [6.07, 6.45) is 0. The SMILES string of the molecule is Cc1cccc(-c2ccc3c(c2)c2cc(-c4cccc(C)c4)ccc2n3-c2cc(-c3cccc(F)c3)ccc2-c2nc(-c3ccccc3)nc(-c3ccccc3)n2)c1. The summed E-state index contributed by atoms with van der Waals surface area (Å²) in [5.74, 6) is 1.41. The van der Waals surface area contributed by atoms with E-state index in [9.17, 15) is 4.39 Å². The fourth-order valence-corrected chi connectivity index (χ4v) is 7.97. The Morgan fingerprint density at radius 1 is 0.362 bits per heavy atom. The van der Waals surface area contributed by atoms with Crippen LogP contribution in [0.1, 0.15) is 11.1 Å². The fraction of sp³-hybridized carbons (Fsp3) is 0.0377. The first-order chi connectivity index (χ1) is 28.4. The van der Waals surface area contributed by atoms with Crippen LogP contribution in [0.5, 0.6) is 0 Å². The van der Waals surface area contributed by atoms with E-state index in [2.05, 4.69) is 115 Å². The molecule has 0 saturated heterocycles. The molecule has 0 unspecified atom stereocenters. The van der Waals surface area contributed by atoms with Crippen molar-refractivity contribution in [1.29, 1.82) is 0 Å². The quantitative estimate of drug-likeness (QED) is 0.163. The van der Waals surface area contributed by atoms with Crippen LogP contribution in [0.25, 0.3) is 95.0 Å². The zero-order valence-corrected chi connectivity index (χ0v) is 32.1. The Labute approximate surface area is 336 Å². The average Bonchev–Trinajstić information content (AvgIpc) is 3.59. The third-order valence-electron chi connectivity index (χ3n) is 10.8. The molecular weight excluding hydrogens is 712 g/mol. The average molecular weight is 749 g/mol. The van der Waals surface area contributed by atoms with Crippen LogP contribution in [0.3, 0.4) is 0 Å². The summed E-state index contributed by atoms with van der Waals surface area (Å²) in [5.41, 5.74) is 14.2. The van der Waals surface area contributed by atoms with Gasteiger partial charge in [0.05, 0.1) is 16.7 Å². The maximum atomic E-state index is 14.8. The van der Waals surface area contributed by atoms with Crippen molar-refractivity contribution in [3.05, 3.63) is 205 Å². The highest BCUT2D eigenvalue weighted by Crippen LogP contribution is 2.41. The maximum Gasteiger partial charge on any atom is 0.166 e. The largest absolute Gasteiger partial charge is 0.308 e. The molecule has 276 valence electrons. The molecule has 0 atom stereocenters. The number of benzene rings is 8. The van der Waals surface area contributed by atoms with Gasteiger partial charge in [-0.25, -0.2) is 19.3 Å². The third-order valence-corrected chi connectivity index (χ3v) is 10.8. The summed E-state index contributed by atoms with van der Waals surface area (Å²) < 4.78 is 17.1. The van der Waals surface area contributed by atoms with E-state index in [-0.39, 0.29) is 5.82 Å². The second-order valence-electron chi connectivity index (χ2n) is 14.8. The first-order valence-corrected chi connectivity index (χ1v) is 19.5. The number of aromatic nitrogens is 4. The summed E-state index contributed by atoms with van der Waals surface area (Å²) in [6.45, 7) is 4.26. The fourth-order valence-electron chi connectivity index (χ4n) is 7.97. The van der Waals surface area contributed by atoms with E-state index in [0.29, 0.717) is 17.5 Å². The van der Waals surface area contributed by atoms with Crippen LogP contribution in [-0.4, -0.2) is 19.5 Å². The lowest BCUT2D eigenvalue weighted by Crippen LogP contribution is -2.04. The lowest BCUT2D eigenvalue weighted by atomic mass is 9.99. The summed E-state index contributed by atoms with van der Waals surface area (Å²) in [4.78, 5) is 15.3. The Bertz CT molecular complexity index is 2990. The molecule has 0 fully saturated rings. The minimum Gasteiger partial charge on any atom is -0.308 e. The monoisotopic (exact) mass is 748 g/mol. The van der Waals surface area contributed by atoms with E-state index in [1.54, 1.807) is 12.1 Å². The number of rotatable bonds is 7. The smallest absolute Gasteiger partial charge is 0.166 e. The van der Waals surface area contributed by atoms with Crippen LogP contribution in [0.2, 0.25) is 0 Å². The van der Waals surface area contributed by atoms with Crippen molar-refractivity contribution in [3.63, 3.8) is 0 Å². The van der Waals surface area contributed by atoms with Crippen LogP contribution in [0.15, 0.2) is 188 Å². The lowest BCUT2D eigenvalue weighted by Gasteiger charge is -2.17.